The van der Waals surface area contributed by atoms with Crippen molar-refractivity contribution in [1.82, 2.24) is 0 Å². The Morgan fingerprint density at radius 1 is 0.636 bits per heavy atom. The lowest BCUT2D eigenvalue weighted by atomic mass is 9.33. The molecule has 9 rings (SSSR count). The highest BCUT2D eigenvalue weighted by atomic mass is 15.2. The van der Waals surface area contributed by atoms with Gasteiger partial charge in [0, 0.05) is 49.3 Å². The number of nitrogens with zero attached hydrogens (tertiary/aromatic N) is 2. The average Bonchev–Trinajstić information content (AvgIpc) is 3.25. The molecule has 0 spiro atoms. The van der Waals surface area contributed by atoms with Gasteiger partial charge in [0.15, 0.2) is 0 Å². The summed E-state index contributed by atoms with van der Waals surface area (Å²) >= 11 is 0. The van der Waals surface area contributed by atoms with E-state index in [0.717, 1.165) is 59.6 Å². The smallest absolute Gasteiger partial charge is 0.252 e. The number of fused-ring (bicyclic) bond motifs is 10. The van der Waals surface area contributed by atoms with E-state index in [1.165, 1.54) is 16.4 Å². The normalized spacial score (nSPS) is 39.9. The van der Waals surface area contributed by atoms with Crippen molar-refractivity contribution in [2.45, 2.75) is 75.2 Å². The van der Waals surface area contributed by atoms with E-state index < -0.39 is 23.8 Å². The second kappa shape index (κ2) is 6.06. The van der Waals surface area contributed by atoms with Crippen molar-refractivity contribution in [3.05, 3.63) is 65.7 Å². The first-order chi connectivity index (χ1) is 17.9. The molecule has 0 saturated heterocycles. The van der Waals surface area contributed by atoms with Gasteiger partial charge in [-0.05, 0) is 65.3 Å². The summed E-state index contributed by atoms with van der Waals surface area (Å²) in [5.74, 6) is -1.91. The summed E-state index contributed by atoms with van der Waals surface area (Å²) in [5.41, 5.74) is 9.77. The van der Waals surface area contributed by atoms with Gasteiger partial charge >= 0.3 is 0 Å². The molecule has 2 nitrogen and oxygen atoms in total. The van der Waals surface area contributed by atoms with E-state index in [2.05, 4.69) is 64.4 Å². The molecule has 0 aromatic heterocycles. The van der Waals surface area contributed by atoms with E-state index in [4.69, 9.17) is 0 Å². The molecular weight excluding hydrogens is 399 g/mol. The molecular formula is C30H29BN2. The summed E-state index contributed by atoms with van der Waals surface area (Å²) in [7, 11) is 0. The molecule has 0 radical (unpaired) electrons. The SMILES string of the molecule is [2H]C12CCCCC1([2H])N1c3cccc4c3B(c3cccc2c31)c1cccc2c1N4C1([2H])CCCCC21[2H]. The van der Waals surface area contributed by atoms with Crippen molar-refractivity contribution in [3.8, 4) is 0 Å². The monoisotopic (exact) mass is 432 g/mol. The Labute approximate surface area is 202 Å². The Hall–Kier alpha value is -2.68. The lowest BCUT2D eigenvalue weighted by Crippen LogP contribution is -2.62. The minimum atomic E-state index is -1.04. The van der Waals surface area contributed by atoms with E-state index in [-0.39, 0.29) is 6.71 Å². The summed E-state index contributed by atoms with van der Waals surface area (Å²) < 4.78 is 39.2. The minimum Gasteiger partial charge on any atom is -0.338 e. The van der Waals surface area contributed by atoms with Gasteiger partial charge in [0.25, 0.3) is 6.71 Å². The van der Waals surface area contributed by atoms with Crippen molar-refractivity contribution in [2.75, 3.05) is 9.80 Å². The molecule has 4 unspecified atom stereocenters. The zero-order valence-corrected chi connectivity index (χ0v) is 18.8. The highest BCUT2D eigenvalue weighted by Gasteiger charge is 2.53. The van der Waals surface area contributed by atoms with Crippen LogP contribution in [0, 0.1) is 0 Å². The Morgan fingerprint density at radius 2 is 1.12 bits per heavy atom. The van der Waals surface area contributed by atoms with Gasteiger partial charge in [0.1, 0.15) is 0 Å². The number of hydrogen-bond acceptors (Lipinski definition) is 2. The number of hydrogen-bond donors (Lipinski definition) is 0. The Balaban J connectivity index is 1.42. The predicted molar refractivity (Wildman–Crippen MR) is 138 cm³/mol. The summed E-state index contributed by atoms with van der Waals surface area (Å²) in [6.07, 6.45) is 6.72. The second-order valence-corrected chi connectivity index (χ2v) is 10.6. The quantitative estimate of drug-likeness (QED) is 0.452. The molecule has 162 valence electrons. The highest BCUT2D eigenvalue weighted by molar-refractivity contribution is 7.00. The van der Waals surface area contributed by atoms with E-state index in [0.29, 0.717) is 25.7 Å². The van der Waals surface area contributed by atoms with Crippen LogP contribution in [0.4, 0.5) is 22.7 Å². The fourth-order valence-corrected chi connectivity index (χ4v) is 7.93. The summed E-state index contributed by atoms with van der Waals surface area (Å²) in [5, 5.41) is 0. The molecule has 3 aromatic carbocycles. The molecule has 2 aliphatic carbocycles. The zero-order chi connectivity index (χ0) is 24.9. The van der Waals surface area contributed by atoms with Gasteiger partial charge in [-0.2, -0.15) is 0 Å². The number of anilines is 4. The molecule has 2 fully saturated rings. The largest absolute Gasteiger partial charge is 0.338 e. The Bertz CT molecular complexity index is 1450. The number of para-hydroxylation sites is 2. The second-order valence-electron chi connectivity index (χ2n) is 10.6. The van der Waals surface area contributed by atoms with E-state index >= 15 is 0 Å². The Morgan fingerprint density at radius 3 is 1.67 bits per heavy atom. The van der Waals surface area contributed by atoms with Crippen LogP contribution in [0.3, 0.4) is 0 Å². The molecule has 4 atom stereocenters. The van der Waals surface area contributed by atoms with Gasteiger partial charge in [-0.15, -0.1) is 0 Å². The van der Waals surface area contributed by atoms with Crippen molar-refractivity contribution in [2.24, 2.45) is 0 Å². The molecule has 4 aliphatic heterocycles. The number of rotatable bonds is 0. The zero-order valence-electron chi connectivity index (χ0n) is 22.8. The predicted octanol–water partition coefficient (Wildman–Crippen LogP) is 5.19. The maximum atomic E-state index is 9.87. The van der Waals surface area contributed by atoms with Crippen LogP contribution in [0.25, 0.3) is 0 Å². The fourth-order valence-electron chi connectivity index (χ4n) is 7.93. The van der Waals surface area contributed by atoms with Gasteiger partial charge < -0.3 is 9.80 Å². The first-order valence-corrected chi connectivity index (χ1v) is 12.9. The first-order valence-electron chi connectivity index (χ1n) is 14.9. The van der Waals surface area contributed by atoms with Crippen LogP contribution >= 0.6 is 0 Å². The molecule has 4 heterocycles. The summed E-state index contributed by atoms with van der Waals surface area (Å²) in [4.78, 5) is 4.44. The first kappa shape index (κ1) is 14.6. The summed E-state index contributed by atoms with van der Waals surface area (Å²) in [6, 6.07) is 17.1. The third kappa shape index (κ3) is 1.97. The third-order valence-corrected chi connectivity index (χ3v) is 9.10. The van der Waals surface area contributed by atoms with E-state index in [1.54, 1.807) is 0 Å². The molecule has 6 aliphatic rings. The Kier molecular flexibility index (Phi) is 2.67. The molecule has 0 N–H and O–H groups in total. The lowest BCUT2D eigenvalue weighted by molar-refractivity contribution is 0.401. The van der Waals surface area contributed by atoms with Crippen LogP contribution in [-0.4, -0.2) is 18.7 Å². The van der Waals surface area contributed by atoms with Crippen LogP contribution in [0.15, 0.2) is 54.6 Å². The maximum Gasteiger partial charge on any atom is 0.252 e. The van der Waals surface area contributed by atoms with Crippen molar-refractivity contribution >= 4 is 45.9 Å². The van der Waals surface area contributed by atoms with Crippen LogP contribution in [0.1, 0.15) is 79.8 Å². The van der Waals surface area contributed by atoms with Crippen molar-refractivity contribution in [1.29, 1.82) is 0 Å². The van der Waals surface area contributed by atoms with Gasteiger partial charge in [-0.1, -0.05) is 68.1 Å². The van der Waals surface area contributed by atoms with Gasteiger partial charge in [-0.3, -0.25) is 0 Å². The molecule has 2 saturated carbocycles. The standard InChI is InChI=1S/C30H29BN2/c1-3-14-24-18(8-1)20-10-5-12-22-29(20)32(24)26-16-7-17-27-28(26)31(22)23-13-6-11-21-19-9-2-4-15-25(19)33(27)30(21)23/h5-7,10-13,16-19,24-25H,1-4,8-9,14-15H2/i18D,19D,24D,25D. The fraction of sp³-hybridized carbons (Fsp3) is 0.400. The van der Waals surface area contributed by atoms with Crippen molar-refractivity contribution in [3.63, 3.8) is 0 Å². The topological polar surface area (TPSA) is 6.48 Å². The molecule has 0 amide bonds. The lowest BCUT2D eigenvalue weighted by Gasteiger charge is -2.45. The molecule has 33 heavy (non-hydrogen) atoms. The third-order valence-electron chi connectivity index (χ3n) is 9.10. The van der Waals surface area contributed by atoms with Gasteiger partial charge in [-0.25, -0.2) is 0 Å². The highest BCUT2D eigenvalue weighted by Crippen LogP contribution is 2.55. The van der Waals surface area contributed by atoms with Crippen molar-refractivity contribution < 1.29 is 5.48 Å². The van der Waals surface area contributed by atoms with Gasteiger partial charge in [0.2, 0.25) is 0 Å². The summed E-state index contributed by atoms with van der Waals surface area (Å²) in [6.45, 7) is -0.0108. The maximum absolute atomic E-state index is 9.87. The average molecular weight is 432 g/mol. The van der Waals surface area contributed by atoms with Crippen LogP contribution < -0.4 is 26.2 Å². The molecule has 3 aromatic rings. The minimum absolute atomic E-state index is 0.0108. The van der Waals surface area contributed by atoms with Gasteiger partial charge in [0.05, 0.1) is 2.74 Å². The molecule has 3 heteroatoms. The van der Waals surface area contributed by atoms with E-state index in [1.807, 2.05) is 0 Å². The number of benzene rings is 3. The van der Waals surface area contributed by atoms with Crippen LogP contribution in [0.5, 0.6) is 0 Å². The molecule has 0 bridgehead atoms. The van der Waals surface area contributed by atoms with E-state index in [9.17, 15) is 5.48 Å². The van der Waals surface area contributed by atoms with Crippen LogP contribution in [0.2, 0.25) is 0 Å². The van der Waals surface area contributed by atoms with Crippen LogP contribution in [-0.2, 0) is 0 Å².